The monoisotopic (exact) mass is 306 g/mol. The van der Waals surface area contributed by atoms with Gasteiger partial charge in [0, 0.05) is 6.42 Å². The fraction of sp³-hybridized carbons (Fsp3) is 0.611. The van der Waals surface area contributed by atoms with Crippen molar-refractivity contribution in [2.45, 2.75) is 59.2 Å². The van der Waals surface area contributed by atoms with E-state index in [4.69, 9.17) is 4.43 Å². The van der Waals surface area contributed by atoms with Gasteiger partial charge in [-0.25, -0.2) is 0 Å². The van der Waals surface area contributed by atoms with Gasteiger partial charge in [0.25, 0.3) is 0 Å². The Morgan fingerprint density at radius 2 is 1.76 bits per heavy atom. The molecule has 0 aliphatic carbocycles. The second-order valence-corrected chi connectivity index (χ2v) is 9.66. The highest BCUT2D eigenvalue weighted by molar-refractivity contribution is 6.48. The summed E-state index contributed by atoms with van der Waals surface area (Å²) in [6.45, 7) is 13.1. The Labute approximate surface area is 131 Å². The topological polar surface area (TPSA) is 26.3 Å². The smallest absolute Gasteiger partial charge is 0.172 e. The summed E-state index contributed by atoms with van der Waals surface area (Å²) in [6.07, 6.45) is 2.48. The molecule has 0 spiro atoms. The van der Waals surface area contributed by atoms with Gasteiger partial charge in [-0.1, -0.05) is 58.0 Å². The molecule has 0 saturated carbocycles. The minimum Gasteiger partial charge on any atom is -0.408 e. The number of benzene rings is 1. The summed E-state index contributed by atoms with van der Waals surface area (Å²) >= 11 is 0. The molecule has 1 aromatic carbocycles. The molecule has 0 aliphatic heterocycles. The van der Waals surface area contributed by atoms with Gasteiger partial charge in [-0.15, -0.1) is 0 Å². The average molecular weight is 307 g/mol. The second-order valence-electron chi connectivity index (χ2n) is 7.33. The van der Waals surface area contributed by atoms with Gasteiger partial charge in [0.05, 0.1) is 0 Å². The van der Waals surface area contributed by atoms with Crippen molar-refractivity contribution in [1.29, 1.82) is 0 Å². The first-order valence-electron chi connectivity index (χ1n) is 7.89. The van der Waals surface area contributed by atoms with Gasteiger partial charge in [-0.2, -0.15) is 0 Å². The van der Waals surface area contributed by atoms with Crippen LogP contribution >= 0.6 is 0 Å². The highest BCUT2D eigenvalue weighted by Crippen LogP contribution is 2.38. The molecule has 1 atom stereocenters. The molecule has 118 valence electrons. The molecule has 0 radical (unpaired) electrons. The van der Waals surface area contributed by atoms with E-state index in [0.717, 1.165) is 12.7 Å². The number of carbonyl (C=O) groups is 1. The zero-order valence-electron chi connectivity index (χ0n) is 14.3. The third-order valence-corrected chi connectivity index (χ3v) is 5.29. The predicted molar refractivity (Wildman–Crippen MR) is 92.1 cm³/mol. The van der Waals surface area contributed by atoms with Crippen molar-refractivity contribution in [2.75, 3.05) is 0 Å². The molecule has 2 nitrogen and oxygen atoms in total. The molecule has 0 aromatic heterocycles. The van der Waals surface area contributed by atoms with Gasteiger partial charge >= 0.3 is 0 Å². The lowest BCUT2D eigenvalue weighted by Gasteiger charge is -2.40. The zero-order valence-corrected chi connectivity index (χ0v) is 15.5. The summed E-state index contributed by atoms with van der Waals surface area (Å²) in [4.78, 5) is 12.0. The molecule has 1 unspecified atom stereocenters. The average Bonchev–Trinajstić information content (AvgIpc) is 2.38. The van der Waals surface area contributed by atoms with Gasteiger partial charge < -0.3 is 9.22 Å². The van der Waals surface area contributed by atoms with Crippen molar-refractivity contribution in [1.82, 2.24) is 0 Å². The first-order valence-corrected chi connectivity index (χ1v) is 10.7. The highest BCUT2D eigenvalue weighted by Gasteiger charge is 2.39. The van der Waals surface area contributed by atoms with Crippen molar-refractivity contribution in [2.24, 2.45) is 11.3 Å². The van der Waals surface area contributed by atoms with Crippen LogP contribution in [0.4, 0.5) is 0 Å². The van der Waals surface area contributed by atoms with Gasteiger partial charge in [0.2, 0.25) is 0 Å². The third kappa shape index (κ3) is 5.40. The molecule has 0 heterocycles. The Bertz CT molecular complexity index is 440. The van der Waals surface area contributed by atoms with Crippen LogP contribution < -0.4 is 0 Å². The molecule has 3 heteroatoms. The van der Waals surface area contributed by atoms with Crippen LogP contribution in [0, 0.1) is 11.3 Å². The van der Waals surface area contributed by atoms with Crippen molar-refractivity contribution in [3.8, 4) is 0 Å². The fourth-order valence-corrected chi connectivity index (χ4v) is 3.80. The van der Waals surface area contributed by atoms with Crippen LogP contribution in [-0.2, 0) is 15.6 Å². The lowest BCUT2D eigenvalue weighted by Crippen LogP contribution is -2.45. The maximum atomic E-state index is 12.0. The van der Waals surface area contributed by atoms with E-state index in [-0.39, 0.29) is 5.41 Å². The molecule has 0 aliphatic rings. The van der Waals surface area contributed by atoms with Crippen molar-refractivity contribution in [3.05, 3.63) is 35.9 Å². The number of carbonyl (C=O) groups excluding carboxylic acids is 1. The van der Waals surface area contributed by atoms with Gasteiger partial charge in [-0.3, -0.25) is 0 Å². The minimum absolute atomic E-state index is 0.0684. The van der Waals surface area contributed by atoms with Crippen LogP contribution in [0.1, 0.15) is 39.7 Å². The number of aldehydes is 1. The molecule has 0 bridgehead atoms. The Kier molecular flexibility index (Phi) is 6.35. The van der Waals surface area contributed by atoms with E-state index in [1.807, 2.05) is 18.2 Å². The number of hydrogen-bond donors (Lipinski definition) is 0. The van der Waals surface area contributed by atoms with Crippen molar-refractivity contribution >= 4 is 15.3 Å². The van der Waals surface area contributed by atoms with Crippen LogP contribution in [0.3, 0.4) is 0 Å². The van der Waals surface area contributed by atoms with Gasteiger partial charge in [0.15, 0.2) is 15.3 Å². The van der Waals surface area contributed by atoms with E-state index in [0.29, 0.717) is 12.3 Å². The largest absolute Gasteiger partial charge is 0.408 e. The normalized spacial score (nSPS) is 15.2. The van der Waals surface area contributed by atoms with E-state index in [9.17, 15) is 4.79 Å². The molecule has 1 aromatic rings. The molecule has 0 amide bonds. The summed E-state index contributed by atoms with van der Waals surface area (Å²) in [5.41, 5.74) is 0.549. The fourth-order valence-electron chi connectivity index (χ4n) is 2.64. The second kappa shape index (κ2) is 7.37. The summed E-state index contributed by atoms with van der Waals surface area (Å²) in [5, 5.41) is 0. The quantitative estimate of drug-likeness (QED) is 0.530. The lowest BCUT2D eigenvalue weighted by molar-refractivity contribution is -0.125. The third-order valence-electron chi connectivity index (χ3n) is 4.35. The Morgan fingerprint density at radius 3 is 2.19 bits per heavy atom. The summed E-state index contributed by atoms with van der Waals surface area (Å²) in [6, 6.07) is 10.2. The molecule has 0 saturated heterocycles. The highest BCUT2D eigenvalue weighted by atomic mass is 28.3. The first kappa shape index (κ1) is 18.1. The van der Waals surface area contributed by atoms with E-state index in [2.05, 4.69) is 52.9 Å². The minimum atomic E-state index is -1.31. The van der Waals surface area contributed by atoms with Crippen LogP contribution in [0.5, 0.6) is 0 Å². The molecule has 21 heavy (non-hydrogen) atoms. The van der Waals surface area contributed by atoms with E-state index in [1.54, 1.807) is 0 Å². The summed E-state index contributed by atoms with van der Waals surface area (Å²) < 4.78 is 6.25. The van der Waals surface area contributed by atoms with Crippen LogP contribution in [0.2, 0.25) is 13.1 Å². The maximum absolute atomic E-state index is 12.0. The lowest BCUT2D eigenvalue weighted by atomic mass is 9.72. The molecule has 1 rings (SSSR count). The van der Waals surface area contributed by atoms with Crippen molar-refractivity contribution < 1.29 is 9.22 Å². The van der Waals surface area contributed by atoms with E-state index in [1.165, 1.54) is 5.56 Å². The summed E-state index contributed by atoms with van der Waals surface area (Å²) in [5.74, 6) is 0.505. The number of rotatable bonds is 8. The Balaban J connectivity index is 3.06. The zero-order chi connectivity index (χ0) is 16.1. The van der Waals surface area contributed by atoms with E-state index < -0.39 is 14.6 Å². The van der Waals surface area contributed by atoms with E-state index >= 15 is 0 Å². The van der Waals surface area contributed by atoms with Gasteiger partial charge in [0.1, 0.15) is 5.60 Å². The number of hydrogen-bond acceptors (Lipinski definition) is 2. The molecule has 0 N–H and O–H groups in total. The van der Waals surface area contributed by atoms with Crippen LogP contribution in [0.15, 0.2) is 30.3 Å². The Hall–Kier alpha value is -0.933. The standard InChI is InChI=1S/C18H30O2Si/c1-15(2)17(3,4)13-18(14-19,20-21(5)6)12-16-10-8-7-9-11-16/h7-11,14-15,21H,12-13H2,1-6H3. The van der Waals surface area contributed by atoms with Crippen LogP contribution in [0.25, 0.3) is 0 Å². The Morgan fingerprint density at radius 1 is 1.19 bits per heavy atom. The SMILES string of the molecule is CC(C)C(C)(C)CC(C=O)(Cc1ccccc1)O[SiH](C)C. The molecular weight excluding hydrogens is 276 g/mol. The van der Waals surface area contributed by atoms with Crippen molar-refractivity contribution in [3.63, 3.8) is 0 Å². The summed E-state index contributed by atoms with van der Waals surface area (Å²) in [7, 11) is -1.31. The maximum Gasteiger partial charge on any atom is 0.172 e. The molecule has 0 fully saturated rings. The van der Waals surface area contributed by atoms with Gasteiger partial charge in [-0.05, 0) is 36.4 Å². The predicted octanol–water partition coefficient (Wildman–Crippen LogP) is 4.24. The van der Waals surface area contributed by atoms with Crippen LogP contribution in [-0.4, -0.2) is 20.9 Å². The first-order chi connectivity index (χ1) is 9.71. The molecular formula is C18H30O2Si.